The molecule has 0 saturated heterocycles. The van der Waals surface area contributed by atoms with E-state index in [2.05, 4.69) is 5.16 Å². The third-order valence-electron chi connectivity index (χ3n) is 2.34. The molecular formula is C10H16ClNO. The molecule has 0 heterocycles. The van der Waals surface area contributed by atoms with Crippen LogP contribution < -0.4 is 0 Å². The molecule has 0 aromatic heterocycles. The van der Waals surface area contributed by atoms with E-state index >= 15 is 0 Å². The standard InChI is InChI=1S/C10H16ClNO/c11-9-7-5-3-1-2-4-6-8-10(9)12-13/h7,13H,1-6,8H2. The van der Waals surface area contributed by atoms with Crippen molar-refractivity contribution < 1.29 is 5.21 Å². The molecule has 0 aliphatic heterocycles. The van der Waals surface area contributed by atoms with Crippen molar-refractivity contribution in [1.29, 1.82) is 0 Å². The lowest BCUT2D eigenvalue weighted by Crippen LogP contribution is -2.00. The highest BCUT2D eigenvalue weighted by molar-refractivity contribution is 6.43. The average molecular weight is 202 g/mol. The van der Waals surface area contributed by atoms with Crippen LogP contribution in [0.1, 0.15) is 44.9 Å². The highest BCUT2D eigenvalue weighted by atomic mass is 35.5. The smallest absolute Gasteiger partial charge is 0.0978 e. The van der Waals surface area contributed by atoms with Crippen LogP contribution in [0.5, 0.6) is 0 Å². The highest BCUT2D eigenvalue weighted by Gasteiger charge is 2.06. The van der Waals surface area contributed by atoms with Gasteiger partial charge in [-0.3, -0.25) is 0 Å². The lowest BCUT2D eigenvalue weighted by molar-refractivity contribution is 0.317. The van der Waals surface area contributed by atoms with Crippen molar-refractivity contribution in [3.63, 3.8) is 0 Å². The van der Waals surface area contributed by atoms with Gasteiger partial charge in [0.1, 0.15) is 0 Å². The second kappa shape index (κ2) is 6.03. The first-order valence-electron chi connectivity index (χ1n) is 4.91. The summed E-state index contributed by atoms with van der Waals surface area (Å²) in [5, 5.41) is 12.6. The summed E-state index contributed by atoms with van der Waals surface area (Å²) in [5.74, 6) is 0. The Morgan fingerprint density at radius 1 is 1.15 bits per heavy atom. The number of allylic oxidation sites excluding steroid dienone is 2. The van der Waals surface area contributed by atoms with Crippen molar-refractivity contribution in [2.45, 2.75) is 44.9 Å². The number of rotatable bonds is 0. The molecule has 1 rings (SSSR count). The molecule has 2 nitrogen and oxygen atoms in total. The lowest BCUT2D eigenvalue weighted by atomic mass is 10.0. The third-order valence-corrected chi connectivity index (χ3v) is 2.71. The van der Waals surface area contributed by atoms with Crippen molar-refractivity contribution in [2.75, 3.05) is 0 Å². The minimum Gasteiger partial charge on any atom is -0.411 e. The summed E-state index contributed by atoms with van der Waals surface area (Å²) in [6, 6.07) is 0. The van der Waals surface area contributed by atoms with Gasteiger partial charge in [0.05, 0.1) is 10.7 Å². The summed E-state index contributed by atoms with van der Waals surface area (Å²) in [6.07, 6.45) is 9.80. The maximum absolute atomic E-state index is 8.70. The molecule has 1 aliphatic rings. The van der Waals surface area contributed by atoms with E-state index < -0.39 is 0 Å². The van der Waals surface area contributed by atoms with E-state index in [1.54, 1.807) is 0 Å². The van der Waals surface area contributed by atoms with Crippen molar-refractivity contribution in [3.05, 3.63) is 11.1 Å². The van der Waals surface area contributed by atoms with Gasteiger partial charge in [0.2, 0.25) is 0 Å². The lowest BCUT2D eigenvalue weighted by Gasteiger charge is -2.06. The minimum atomic E-state index is 0.629. The normalized spacial score (nSPS) is 24.1. The zero-order valence-electron chi connectivity index (χ0n) is 7.80. The summed E-state index contributed by atoms with van der Waals surface area (Å²) in [5.41, 5.74) is 0.642. The molecule has 1 N–H and O–H groups in total. The zero-order chi connectivity index (χ0) is 9.52. The predicted molar refractivity (Wildman–Crippen MR) is 55.5 cm³/mol. The van der Waals surface area contributed by atoms with Crippen LogP contribution in [0.3, 0.4) is 0 Å². The number of hydrogen-bond donors (Lipinski definition) is 1. The van der Waals surface area contributed by atoms with Crippen molar-refractivity contribution in [2.24, 2.45) is 5.16 Å². The SMILES string of the molecule is ON=C1CCCCCCCC=C1Cl. The van der Waals surface area contributed by atoms with Crippen LogP contribution in [0, 0.1) is 0 Å². The topological polar surface area (TPSA) is 32.6 Å². The maximum atomic E-state index is 8.70. The molecule has 0 aromatic carbocycles. The van der Waals surface area contributed by atoms with Gasteiger partial charge in [-0.15, -0.1) is 0 Å². The summed E-state index contributed by atoms with van der Waals surface area (Å²) in [6.45, 7) is 0. The van der Waals surface area contributed by atoms with Gasteiger partial charge in [0.15, 0.2) is 0 Å². The molecule has 0 atom stereocenters. The molecule has 0 saturated carbocycles. The molecule has 0 aromatic rings. The van der Waals surface area contributed by atoms with E-state index in [0.717, 1.165) is 19.3 Å². The Balaban J connectivity index is 2.58. The summed E-state index contributed by atoms with van der Waals surface area (Å²) < 4.78 is 0. The van der Waals surface area contributed by atoms with Gasteiger partial charge in [-0.2, -0.15) is 0 Å². The average Bonchev–Trinajstić information content (AvgIpc) is 2.16. The third kappa shape index (κ3) is 3.81. The summed E-state index contributed by atoms with van der Waals surface area (Å²) in [7, 11) is 0. The maximum Gasteiger partial charge on any atom is 0.0978 e. The van der Waals surface area contributed by atoms with E-state index in [-0.39, 0.29) is 0 Å². The molecule has 0 fully saturated rings. The van der Waals surface area contributed by atoms with E-state index in [4.69, 9.17) is 16.8 Å². The number of nitrogens with zero attached hydrogens (tertiary/aromatic N) is 1. The highest BCUT2D eigenvalue weighted by Crippen LogP contribution is 2.17. The molecule has 0 amide bonds. The number of halogens is 1. The Morgan fingerprint density at radius 3 is 2.62 bits per heavy atom. The quantitative estimate of drug-likeness (QED) is 0.471. The fourth-order valence-electron chi connectivity index (χ4n) is 1.53. The molecule has 13 heavy (non-hydrogen) atoms. The van der Waals surface area contributed by atoms with Gasteiger partial charge in [-0.05, 0) is 25.7 Å². The van der Waals surface area contributed by atoms with Crippen LogP contribution in [0.4, 0.5) is 0 Å². The first kappa shape index (κ1) is 10.6. The van der Waals surface area contributed by atoms with Gasteiger partial charge in [0, 0.05) is 0 Å². The summed E-state index contributed by atoms with van der Waals surface area (Å²) in [4.78, 5) is 0. The molecule has 0 unspecified atom stereocenters. The van der Waals surface area contributed by atoms with Crippen LogP contribution in [0.2, 0.25) is 0 Å². The molecule has 0 spiro atoms. The number of hydrogen-bond acceptors (Lipinski definition) is 2. The van der Waals surface area contributed by atoms with Crippen LogP contribution in [0.15, 0.2) is 16.3 Å². The van der Waals surface area contributed by atoms with Crippen LogP contribution >= 0.6 is 11.6 Å². The second-order valence-corrected chi connectivity index (χ2v) is 3.81. The molecular weight excluding hydrogens is 186 g/mol. The monoisotopic (exact) mass is 201 g/mol. The van der Waals surface area contributed by atoms with E-state index in [9.17, 15) is 0 Å². The van der Waals surface area contributed by atoms with Gasteiger partial charge >= 0.3 is 0 Å². The van der Waals surface area contributed by atoms with Crippen molar-refractivity contribution in [1.82, 2.24) is 0 Å². The Hall–Kier alpha value is -0.500. The Morgan fingerprint density at radius 2 is 1.85 bits per heavy atom. The van der Waals surface area contributed by atoms with Crippen molar-refractivity contribution >= 4 is 17.3 Å². The molecule has 74 valence electrons. The van der Waals surface area contributed by atoms with E-state index in [1.165, 1.54) is 25.7 Å². The van der Waals surface area contributed by atoms with Gasteiger partial charge in [0.25, 0.3) is 0 Å². The fourth-order valence-corrected chi connectivity index (χ4v) is 1.77. The molecule has 0 radical (unpaired) electrons. The first-order valence-corrected chi connectivity index (χ1v) is 5.29. The van der Waals surface area contributed by atoms with E-state index in [0.29, 0.717) is 10.7 Å². The molecule has 0 bridgehead atoms. The van der Waals surface area contributed by atoms with Crippen molar-refractivity contribution in [3.8, 4) is 0 Å². The molecule has 3 heteroatoms. The van der Waals surface area contributed by atoms with Crippen LogP contribution in [-0.2, 0) is 0 Å². The molecule has 1 aliphatic carbocycles. The van der Waals surface area contributed by atoms with Crippen LogP contribution in [-0.4, -0.2) is 10.9 Å². The largest absolute Gasteiger partial charge is 0.411 e. The van der Waals surface area contributed by atoms with Gasteiger partial charge in [-0.1, -0.05) is 42.1 Å². The minimum absolute atomic E-state index is 0.629. The fraction of sp³-hybridized carbons (Fsp3) is 0.700. The van der Waals surface area contributed by atoms with Crippen LogP contribution in [0.25, 0.3) is 0 Å². The Labute approximate surface area is 84.3 Å². The van der Waals surface area contributed by atoms with Gasteiger partial charge < -0.3 is 5.21 Å². The van der Waals surface area contributed by atoms with E-state index in [1.807, 2.05) is 6.08 Å². The Kier molecular flexibility index (Phi) is 4.91. The first-order chi connectivity index (χ1) is 6.34. The van der Waals surface area contributed by atoms with Gasteiger partial charge in [-0.25, -0.2) is 0 Å². The second-order valence-electron chi connectivity index (χ2n) is 3.41. The Bertz CT molecular complexity index is 211. The summed E-state index contributed by atoms with van der Waals surface area (Å²) >= 11 is 5.96. The number of oxime groups is 1. The predicted octanol–water partition coefficient (Wildman–Crippen LogP) is 3.68. The zero-order valence-corrected chi connectivity index (χ0v) is 8.56.